The summed E-state index contributed by atoms with van der Waals surface area (Å²) in [6, 6.07) is 15.0. The molecule has 2 fully saturated rings. The van der Waals surface area contributed by atoms with Crippen LogP contribution in [0.4, 0.5) is 4.79 Å². The number of aromatic nitrogens is 1. The van der Waals surface area contributed by atoms with E-state index in [-0.39, 0.29) is 18.4 Å². The fourth-order valence-corrected chi connectivity index (χ4v) is 5.72. The fourth-order valence-electron chi connectivity index (χ4n) is 4.63. The van der Waals surface area contributed by atoms with Crippen molar-refractivity contribution in [2.75, 3.05) is 19.6 Å². The van der Waals surface area contributed by atoms with Gasteiger partial charge in [-0.3, -0.25) is 14.5 Å². The van der Waals surface area contributed by atoms with Gasteiger partial charge in [0.1, 0.15) is 12.1 Å². The standard InChI is InChI=1S/C25H26N4O3S/c1-16-9-11-18(12-10-16)25(2)23(31)29(24(32)27-25)15-21(30)28-13-5-6-17(14-28)22-26-19-7-3-4-8-20(19)33-22/h3-4,7-12,17H,5-6,13-15H2,1-2H3,(H,27,32)/t17-,25+/m0/s1. The molecule has 2 aliphatic heterocycles. The number of carbonyl (C=O) groups excluding carboxylic acids is 3. The van der Waals surface area contributed by atoms with E-state index in [2.05, 4.69) is 11.4 Å². The SMILES string of the molecule is Cc1ccc([C@@]2(C)NC(=O)N(CC(=O)N3CCC[C@H](c4nc5ccccc5s4)C3)C2=O)cc1. The lowest BCUT2D eigenvalue weighted by Crippen LogP contribution is -2.47. The summed E-state index contributed by atoms with van der Waals surface area (Å²) in [5.41, 5.74) is 1.58. The second-order valence-electron chi connectivity index (χ2n) is 9.01. The second kappa shape index (κ2) is 8.26. The molecule has 4 amide bonds. The van der Waals surface area contributed by atoms with Crippen molar-refractivity contribution in [1.29, 1.82) is 0 Å². The normalized spacial score (nSPS) is 23.3. The van der Waals surface area contributed by atoms with Gasteiger partial charge < -0.3 is 10.2 Å². The van der Waals surface area contributed by atoms with Gasteiger partial charge in [0.2, 0.25) is 5.91 Å². The number of nitrogens with zero attached hydrogens (tertiary/aromatic N) is 3. The Balaban J connectivity index is 1.29. The predicted octanol–water partition coefficient (Wildman–Crippen LogP) is 3.78. The molecule has 7 nitrogen and oxygen atoms in total. The number of aryl methyl sites for hydroxylation is 1. The molecule has 2 aliphatic rings. The molecule has 2 saturated heterocycles. The van der Waals surface area contributed by atoms with Gasteiger partial charge in [0.15, 0.2) is 0 Å². The first kappa shape index (κ1) is 21.6. The molecule has 0 radical (unpaired) electrons. The number of urea groups is 1. The van der Waals surface area contributed by atoms with Crippen LogP contribution in [-0.4, -0.2) is 52.3 Å². The highest BCUT2D eigenvalue weighted by Crippen LogP contribution is 2.33. The van der Waals surface area contributed by atoms with E-state index in [1.54, 1.807) is 23.2 Å². The van der Waals surface area contributed by atoms with Crippen molar-refractivity contribution in [3.63, 3.8) is 0 Å². The Labute approximate surface area is 196 Å². The number of nitrogens with one attached hydrogen (secondary N) is 1. The van der Waals surface area contributed by atoms with E-state index in [0.717, 1.165) is 38.5 Å². The molecular weight excluding hydrogens is 436 g/mol. The van der Waals surface area contributed by atoms with E-state index < -0.39 is 17.5 Å². The number of likely N-dealkylation sites (tertiary alicyclic amines) is 1. The van der Waals surface area contributed by atoms with Crippen molar-refractivity contribution in [3.05, 3.63) is 64.7 Å². The van der Waals surface area contributed by atoms with Gasteiger partial charge in [0, 0.05) is 19.0 Å². The lowest BCUT2D eigenvalue weighted by molar-refractivity contribution is -0.139. The van der Waals surface area contributed by atoms with Crippen LogP contribution in [-0.2, 0) is 15.1 Å². The summed E-state index contributed by atoms with van der Waals surface area (Å²) < 4.78 is 1.14. The molecule has 170 valence electrons. The summed E-state index contributed by atoms with van der Waals surface area (Å²) >= 11 is 1.67. The highest BCUT2D eigenvalue weighted by atomic mass is 32.1. The summed E-state index contributed by atoms with van der Waals surface area (Å²) in [5.74, 6) is -0.442. The molecule has 1 aromatic heterocycles. The van der Waals surface area contributed by atoms with Crippen LogP contribution in [0.15, 0.2) is 48.5 Å². The number of para-hydroxylation sites is 1. The van der Waals surface area contributed by atoms with Crippen LogP contribution in [0.3, 0.4) is 0 Å². The Morgan fingerprint density at radius 1 is 1.18 bits per heavy atom. The minimum Gasteiger partial charge on any atom is -0.340 e. The zero-order valence-corrected chi connectivity index (χ0v) is 19.5. The number of piperidine rings is 1. The second-order valence-corrected chi connectivity index (χ2v) is 10.1. The highest BCUT2D eigenvalue weighted by Gasteiger charge is 2.49. The Morgan fingerprint density at radius 2 is 1.94 bits per heavy atom. The van der Waals surface area contributed by atoms with Crippen LogP contribution in [0.5, 0.6) is 0 Å². The van der Waals surface area contributed by atoms with Crippen molar-refractivity contribution in [2.24, 2.45) is 0 Å². The maximum absolute atomic E-state index is 13.2. The first-order valence-electron chi connectivity index (χ1n) is 11.2. The van der Waals surface area contributed by atoms with Crippen LogP contribution in [0.2, 0.25) is 0 Å². The number of benzene rings is 2. The molecule has 0 spiro atoms. The topological polar surface area (TPSA) is 82.6 Å². The van der Waals surface area contributed by atoms with Crippen molar-refractivity contribution in [3.8, 4) is 0 Å². The molecule has 3 heterocycles. The summed E-state index contributed by atoms with van der Waals surface area (Å²) in [6.45, 7) is 4.58. The molecule has 33 heavy (non-hydrogen) atoms. The largest absolute Gasteiger partial charge is 0.340 e. The third-order valence-corrected chi connectivity index (χ3v) is 7.83. The molecule has 2 atom stereocenters. The van der Waals surface area contributed by atoms with E-state index in [1.807, 2.05) is 49.4 Å². The first-order valence-corrected chi connectivity index (χ1v) is 12.0. The van der Waals surface area contributed by atoms with E-state index >= 15 is 0 Å². The molecule has 3 aromatic rings. The summed E-state index contributed by atoms with van der Waals surface area (Å²) in [5, 5.41) is 3.82. The highest BCUT2D eigenvalue weighted by molar-refractivity contribution is 7.18. The number of thiazole rings is 1. The number of hydrogen-bond acceptors (Lipinski definition) is 5. The smallest absolute Gasteiger partial charge is 0.325 e. The van der Waals surface area contributed by atoms with Crippen molar-refractivity contribution in [1.82, 2.24) is 20.1 Å². The molecule has 0 aliphatic carbocycles. The zero-order chi connectivity index (χ0) is 23.2. The van der Waals surface area contributed by atoms with Crippen molar-refractivity contribution >= 4 is 39.4 Å². The number of fused-ring (bicyclic) bond motifs is 1. The lowest BCUT2D eigenvalue weighted by atomic mass is 9.91. The summed E-state index contributed by atoms with van der Waals surface area (Å²) in [7, 11) is 0. The molecular formula is C25H26N4O3S. The Morgan fingerprint density at radius 3 is 2.70 bits per heavy atom. The van der Waals surface area contributed by atoms with Crippen molar-refractivity contribution in [2.45, 2.75) is 38.1 Å². The molecule has 1 N–H and O–H groups in total. The number of imide groups is 1. The van der Waals surface area contributed by atoms with Crippen LogP contribution >= 0.6 is 11.3 Å². The van der Waals surface area contributed by atoms with Gasteiger partial charge in [-0.25, -0.2) is 9.78 Å². The Kier molecular flexibility index (Phi) is 5.40. The molecule has 2 aromatic carbocycles. The molecule has 8 heteroatoms. The molecule has 0 unspecified atom stereocenters. The predicted molar refractivity (Wildman–Crippen MR) is 127 cm³/mol. The molecule has 5 rings (SSSR count). The molecule has 0 bridgehead atoms. The quantitative estimate of drug-likeness (QED) is 0.598. The third kappa shape index (κ3) is 3.88. The number of carbonyl (C=O) groups is 3. The zero-order valence-electron chi connectivity index (χ0n) is 18.7. The van der Waals surface area contributed by atoms with Crippen LogP contribution in [0.1, 0.15) is 41.8 Å². The maximum Gasteiger partial charge on any atom is 0.325 e. The van der Waals surface area contributed by atoms with E-state index in [4.69, 9.17) is 4.98 Å². The van der Waals surface area contributed by atoms with Crippen molar-refractivity contribution < 1.29 is 14.4 Å². The van der Waals surface area contributed by atoms with E-state index in [9.17, 15) is 14.4 Å². The van der Waals surface area contributed by atoms with Gasteiger partial charge in [-0.05, 0) is 44.4 Å². The third-order valence-electron chi connectivity index (χ3n) is 6.63. The van der Waals surface area contributed by atoms with Gasteiger partial charge in [0.05, 0.1) is 15.2 Å². The van der Waals surface area contributed by atoms with Crippen LogP contribution in [0.25, 0.3) is 10.2 Å². The average molecular weight is 463 g/mol. The number of rotatable bonds is 4. The van der Waals surface area contributed by atoms with Gasteiger partial charge in [-0.15, -0.1) is 11.3 Å². The van der Waals surface area contributed by atoms with Crippen LogP contribution in [0, 0.1) is 6.92 Å². The minimum absolute atomic E-state index is 0.168. The van der Waals surface area contributed by atoms with E-state index in [0.29, 0.717) is 18.7 Å². The first-order chi connectivity index (χ1) is 15.8. The fraction of sp³-hybridized carbons (Fsp3) is 0.360. The number of hydrogen-bond donors (Lipinski definition) is 1. The van der Waals surface area contributed by atoms with Gasteiger partial charge in [0.25, 0.3) is 5.91 Å². The van der Waals surface area contributed by atoms with Gasteiger partial charge in [-0.2, -0.15) is 0 Å². The summed E-state index contributed by atoms with van der Waals surface area (Å²) in [4.78, 5) is 46.6. The average Bonchev–Trinajstić information content (AvgIpc) is 3.35. The monoisotopic (exact) mass is 462 g/mol. The minimum atomic E-state index is -1.17. The Bertz CT molecular complexity index is 1200. The number of amides is 4. The van der Waals surface area contributed by atoms with Gasteiger partial charge in [-0.1, -0.05) is 42.0 Å². The van der Waals surface area contributed by atoms with E-state index in [1.165, 1.54) is 0 Å². The summed E-state index contributed by atoms with van der Waals surface area (Å²) in [6.07, 6.45) is 1.84. The lowest BCUT2D eigenvalue weighted by Gasteiger charge is -2.32. The maximum atomic E-state index is 13.2. The van der Waals surface area contributed by atoms with Crippen LogP contribution < -0.4 is 5.32 Å². The molecule has 0 saturated carbocycles. The Hall–Kier alpha value is -3.26. The van der Waals surface area contributed by atoms with Gasteiger partial charge >= 0.3 is 6.03 Å².